The van der Waals surface area contributed by atoms with Crippen LogP contribution in [0, 0.1) is 11.8 Å². The second-order valence-corrected chi connectivity index (χ2v) is 5.52. The summed E-state index contributed by atoms with van der Waals surface area (Å²) >= 11 is 0. The van der Waals surface area contributed by atoms with Gasteiger partial charge in [-0.2, -0.15) is 0 Å². The molecule has 2 aliphatic carbocycles. The number of aliphatic hydroxyl groups is 1. The lowest BCUT2D eigenvalue weighted by Gasteiger charge is -2.33. The third kappa shape index (κ3) is 2.94. The van der Waals surface area contributed by atoms with Crippen LogP contribution in [-0.2, 0) is 4.74 Å². The topological polar surface area (TPSA) is 29.5 Å². The second-order valence-electron chi connectivity index (χ2n) is 5.52. The summed E-state index contributed by atoms with van der Waals surface area (Å²) in [6.07, 6.45) is 10.1. The highest BCUT2D eigenvalue weighted by Crippen LogP contribution is 2.44. The van der Waals surface area contributed by atoms with E-state index in [1.807, 2.05) is 0 Å². The van der Waals surface area contributed by atoms with E-state index >= 15 is 0 Å². The van der Waals surface area contributed by atoms with Gasteiger partial charge in [-0.25, -0.2) is 0 Å². The van der Waals surface area contributed by atoms with Gasteiger partial charge in [-0.15, -0.1) is 0 Å². The highest BCUT2D eigenvalue weighted by Gasteiger charge is 2.44. The van der Waals surface area contributed by atoms with Gasteiger partial charge in [0.1, 0.15) is 0 Å². The zero-order chi connectivity index (χ0) is 10.7. The molecule has 0 bridgehead atoms. The van der Waals surface area contributed by atoms with E-state index in [1.54, 1.807) is 7.11 Å². The standard InChI is InChI=1S/C13H24O2/c1-15-10-13(14,12-7-8-12)9-11-5-3-2-4-6-11/h11-12,14H,2-10H2,1H3. The van der Waals surface area contributed by atoms with Crippen LogP contribution in [0.1, 0.15) is 51.4 Å². The van der Waals surface area contributed by atoms with Crippen molar-refractivity contribution in [1.82, 2.24) is 0 Å². The lowest BCUT2D eigenvalue weighted by atomic mass is 9.79. The molecule has 2 aliphatic rings. The molecule has 0 heterocycles. The summed E-state index contributed by atoms with van der Waals surface area (Å²) in [5, 5.41) is 10.6. The fraction of sp³-hybridized carbons (Fsp3) is 1.00. The first-order chi connectivity index (χ1) is 7.24. The zero-order valence-corrected chi connectivity index (χ0v) is 9.87. The van der Waals surface area contributed by atoms with Gasteiger partial charge in [0.05, 0.1) is 12.2 Å². The van der Waals surface area contributed by atoms with E-state index in [1.165, 1.54) is 44.9 Å². The van der Waals surface area contributed by atoms with Gasteiger partial charge >= 0.3 is 0 Å². The molecule has 1 unspecified atom stereocenters. The molecule has 0 saturated heterocycles. The summed E-state index contributed by atoms with van der Waals surface area (Å²) in [7, 11) is 1.70. The Morgan fingerprint density at radius 3 is 2.33 bits per heavy atom. The maximum absolute atomic E-state index is 10.6. The maximum Gasteiger partial charge on any atom is 0.0910 e. The normalized spacial score (nSPS) is 27.6. The third-order valence-electron chi connectivity index (χ3n) is 4.10. The van der Waals surface area contributed by atoms with Crippen molar-refractivity contribution in [3.63, 3.8) is 0 Å². The third-order valence-corrected chi connectivity index (χ3v) is 4.10. The molecule has 2 nitrogen and oxygen atoms in total. The van der Waals surface area contributed by atoms with E-state index in [4.69, 9.17) is 4.74 Å². The van der Waals surface area contributed by atoms with Crippen LogP contribution >= 0.6 is 0 Å². The van der Waals surface area contributed by atoms with Crippen LogP contribution in [-0.4, -0.2) is 24.4 Å². The number of ether oxygens (including phenoxy) is 1. The Morgan fingerprint density at radius 2 is 1.80 bits per heavy atom. The second kappa shape index (κ2) is 4.84. The molecule has 2 fully saturated rings. The van der Waals surface area contributed by atoms with Gasteiger partial charge in [0.2, 0.25) is 0 Å². The van der Waals surface area contributed by atoms with E-state index in [-0.39, 0.29) is 0 Å². The van der Waals surface area contributed by atoms with E-state index in [2.05, 4.69) is 0 Å². The fourth-order valence-electron chi connectivity index (χ4n) is 3.11. The van der Waals surface area contributed by atoms with E-state index < -0.39 is 5.60 Å². The summed E-state index contributed by atoms with van der Waals surface area (Å²) in [6, 6.07) is 0. The van der Waals surface area contributed by atoms with Crippen molar-refractivity contribution >= 4 is 0 Å². The van der Waals surface area contributed by atoms with Crippen molar-refractivity contribution in [2.45, 2.75) is 57.0 Å². The average Bonchev–Trinajstić information content (AvgIpc) is 3.02. The zero-order valence-electron chi connectivity index (χ0n) is 9.87. The first-order valence-corrected chi connectivity index (χ1v) is 6.46. The SMILES string of the molecule is COCC(O)(CC1CCCCC1)C1CC1. The number of hydrogen-bond donors (Lipinski definition) is 1. The van der Waals surface area contributed by atoms with Crippen molar-refractivity contribution in [3.05, 3.63) is 0 Å². The largest absolute Gasteiger partial charge is 0.387 e. The first kappa shape index (κ1) is 11.4. The molecule has 2 heteroatoms. The summed E-state index contributed by atoms with van der Waals surface area (Å²) in [5.41, 5.74) is -0.503. The Bertz CT molecular complexity index is 195. The van der Waals surface area contributed by atoms with Crippen LogP contribution in [0.3, 0.4) is 0 Å². The molecule has 1 N–H and O–H groups in total. The predicted molar refractivity (Wildman–Crippen MR) is 60.7 cm³/mol. The van der Waals surface area contributed by atoms with E-state index in [9.17, 15) is 5.11 Å². The van der Waals surface area contributed by atoms with Crippen LogP contribution in [0.15, 0.2) is 0 Å². The first-order valence-electron chi connectivity index (χ1n) is 6.46. The van der Waals surface area contributed by atoms with Gasteiger partial charge in [0.25, 0.3) is 0 Å². The highest BCUT2D eigenvalue weighted by atomic mass is 16.5. The highest BCUT2D eigenvalue weighted by molar-refractivity contribution is 4.96. The van der Waals surface area contributed by atoms with Crippen LogP contribution in [0.2, 0.25) is 0 Å². The summed E-state index contributed by atoms with van der Waals surface area (Å²) < 4.78 is 5.20. The van der Waals surface area contributed by atoms with E-state index in [0.29, 0.717) is 12.5 Å². The van der Waals surface area contributed by atoms with Gasteiger partial charge in [-0.05, 0) is 31.1 Å². The minimum absolute atomic E-state index is 0.503. The lowest BCUT2D eigenvalue weighted by molar-refractivity contribution is -0.0667. The predicted octanol–water partition coefficient (Wildman–Crippen LogP) is 2.74. The van der Waals surface area contributed by atoms with Gasteiger partial charge < -0.3 is 9.84 Å². The Morgan fingerprint density at radius 1 is 1.13 bits per heavy atom. The maximum atomic E-state index is 10.6. The number of rotatable bonds is 5. The fourth-order valence-corrected chi connectivity index (χ4v) is 3.11. The molecule has 2 rings (SSSR count). The van der Waals surface area contributed by atoms with Gasteiger partial charge in [0.15, 0.2) is 0 Å². The molecule has 15 heavy (non-hydrogen) atoms. The van der Waals surface area contributed by atoms with Gasteiger partial charge in [0, 0.05) is 7.11 Å². The van der Waals surface area contributed by atoms with Crippen LogP contribution < -0.4 is 0 Å². The molecule has 0 aliphatic heterocycles. The average molecular weight is 212 g/mol. The Kier molecular flexibility index (Phi) is 3.68. The number of methoxy groups -OCH3 is 1. The Labute approximate surface area is 93.0 Å². The molecule has 88 valence electrons. The van der Waals surface area contributed by atoms with E-state index in [0.717, 1.165) is 12.3 Å². The molecule has 0 amide bonds. The smallest absolute Gasteiger partial charge is 0.0910 e. The van der Waals surface area contributed by atoms with Crippen molar-refractivity contribution in [3.8, 4) is 0 Å². The van der Waals surface area contributed by atoms with Crippen LogP contribution in [0.4, 0.5) is 0 Å². The summed E-state index contributed by atoms with van der Waals surface area (Å²) in [6.45, 7) is 0.536. The van der Waals surface area contributed by atoms with Crippen LogP contribution in [0.25, 0.3) is 0 Å². The molecule has 2 saturated carbocycles. The molecular weight excluding hydrogens is 188 g/mol. The molecular formula is C13H24O2. The number of hydrogen-bond acceptors (Lipinski definition) is 2. The van der Waals surface area contributed by atoms with Gasteiger partial charge in [-0.1, -0.05) is 32.1 Å². The Balaban J connectivity index is 1.87. The molecule has 1 atom stereocenters. The minimum Gasteiger partial charge on any atom is -0.387 e. The van der Waals surface area contributed by atoms with Gasteiger partial charge in [-0.3, -0.25) is 0 Å². The quantitative estimate of drug-likeness (QED) is 0.759. The Hall–Kier alpha value is -0.0800. The molecule has 0 aromatic rings. The summed E-state index contributed by atoms with van der Waals surface area (Å²) in [4.78, 5) is 0. The summed E-state index contributed by atoms with van der Waals surface area (Å²) in [5.74, 6) is 1.28. The van der Waals surface area contributed by atoms with Crippen molar-refractivity contribution in [2.24, 2.45) is 11.8 Å². The minimum atomic E-state index is -0.503. The molecule has 0 aromatic carbocycles. The molecule has 0 radical (unpaired) electrons. The van der Waals surface area contributed by atoms with Crippen molar-refractivity contribution < 1.29 is 9.84 Å². The monoisotopic (exact) mass is 212 g/mol. The van der Waals surface area contributed by atoms with Crippen molar-refractivity contribution in [2.75, 3.05) is 13.7 Å². The lowest BCUT2D eigenvalue weighted by Crippen LogP contribution is -2.39. The van der Waals surface area contributed by atoms with Crippen molar-refractivity contribution in [1.29, 1.82) is 0 Å². The van der Waals surface area contributed by atoms with Crippen LogP contribution in [0.5, 0.6) is 0 Å². The molecule has 0 aromatic heterocycles. The molecule has 0 spiro atoms.